The van der Waals surface area contributed by atoms with Crippen molar-refractivity contribution >= 4 is 17.9 Å². The molecule has 0 spiro atoms. The smallest absolute Gasteiger partial charge is 0.306 e. The summed E-state index contributed by atoms with van der Waals surface area (Å²) in [4.78, 5) is 38.4. The molecule has 0 saturated carbocycles. The van der Waals surface area contributed by atoms with Crippen molar-refractivity contribution in [2.45, 2.75) is 412 Å². The van der Waals surface area contributed by atoms with Crippen LogP contribution < -0.4 is 0 Å². The Hall–Kier alpha value is -2.63. The van der Waals surface area contributed by atoms with Crippen molar-refractivity contribution in [1.82, 2.24) is 0 Å². The first-order valence-electron chi connectivity index (χ1n) is 37.1. The average molecular weight is 1160 g/mol. The van der Waals surface area contributed by atoms with E-state index in [9.17, 15) is 14.4 Å². The summed E-state index contributed by atoms with van der Waals surface area (Å²) in [7, 11) is 0. The summed E-state index contributed by atoms with van der Waals surface area (Å²) in [5, 5.41) is 0. The molecule has 0 aromatic heterocycles. The van der Waals surface area contributed by atoms with Gasteiger partial charge < -0.3 is 14.2 Å². The van der Waals surface area contributed by atoms with Crippen molar-refractivity contribution in [3.63, 3.8) is 0 Å². The summed E-state index contributed by atoms with van der Waals surface area (Å²) < 4.78 is 17.0. The van der Waals surface area contributed by atoms with E-state index in [0.717, 1.165) is 96.3 Å². The Bertz CT molecular complexity index is 1430. The number of hydrogen-bond acceptors (Lipinski definition) is 6. The second-order valence-electron chi connectivity index (χ2n) is 25.2. The molecule has 83 heavy (non-hydrogen) atoms. The Labute approximate surface area is 518 Å². The lowest BCUT2D eigenvalue weighted by atomic mass is 10.0. The zero-order valence-corrected chi connectivity index (χ0v) is 56.0. The van der Waals surface area contributed by atoms with Crippen LogP contribution in [0.3, 0.4) is 0 Å². The molecule has 0 saturated heterocycles. The zero-order chi connectivity index (χ0) is 59.9. The molecule has 0 aromatic carbocycles. The number of ether oxygens (including phenoxy) is 3. The summed E-state index contributed by atoms with van der Waals surface area (Å²) in [6.07, 6.45) is 91.7. The second kappa shape index (κ2) is 71.8. The van der Waals surface area contributed by atoms with Crippen molar-refractivity contribution in [2.75, 3.05) is 13.2 Å². The van der Waals surface area contributed by atoms with Crippen molar-refractivity contribution in [3.8, 4) is 0 Å². The lowest BCUT2D eigenvalue weighted by molar-refractivity contribution is -0.167. The SMILES string of the molecule is CC/C=C\C/C=C\C/C=C\C/C=C\CCCCCCC(=O)OC(COC(=O)CCCCCCCCCCCCCCCCCC)COC(=O)CCCCCCCCCCCCCCCCCCCCCCCCCCCCCCCCCC. The summed E-state index contributed by atoms with van der Waals surface area (Å²) >= 11 is 0. The zero-order valence-electron chi connectivity index (χ0n) is 56.0. The maximum atomic E-state index is 12.9. The molecule has 0 N–H and O–H groups in total. The van der Waals surface area contributed by atoms with Crippen molar-refractivity contribution in [3.05, 3.63) is 48.6 Å². The minimum atomic E-state index is -0.785. The van der Waals surface area contributed by atoms with Crippen LogP contribution >= 0.6 is 0 Å². The van der Waals surface area contributed by atoms with Crippen LogP contribution in [0.25, 0.3) is 0 Å². The summed E-state index contributed by atoms with van der Waals surface area (Å²) in [6, 6.07) is 0. The number of esters is 3. The predicted molar refractivity (Wildman–Crippen MR) is 362 cm³/mol. The molecule has 6 heteroatoms. The number of hydrogen-bond donors (Lipinski definition) is 0. The van der Waals surface area contributed by atoms with Gasteiger partial charge in [0, 0.05) is 19.3 Å². The first-order valence-corrected chi connectivity index (χ1v) is 37.1. The monoisotopic (exact) mass is 1160 g/mol. The van der Waals surface area contributed by atoms with E-state index in [1.807, 2.05) is 0 Å². The molecular formula is C77H142O6. The Kier molecular flexibility index (Phi) is 69.6. The van der Waals surface area contributed by atoms with Crippen LogP contribution in [0.5, 0.6) is 0 Å². The molecule has 0 bridgehead atoms. The number of carbonyl (C=O) groups is 3. The first-order chi connectivity index (χ1) is 41.0. The third-order valence-corrected chi connectivity index (χ3v) is 16.8. The van der Waals surface area contributed by atoms with Gasteiger partial charge in [0.05, 0.1) is 0 Å². The van der Waals surface area contributed by atoms with Crippen LogP contribution in [0.1, 0.15) is 406 Å². The van der Waals surface area contributed by atoms with E-state index in [0.29, 0.717) is 19.3 Å². The van der Waals surface area contributed by atoms with Gasteiger partial charge in [0.25, 0.3) is 0 Å². The summed E-state index contributed by atoms with van der Waals surface area (Å²) in [5.41, 5.74) is 0. The van der Waals surface area contributed by atoms with Crippen LogP contribution in [0.2, 0.25) is 0 Å². The lowest BCUT2D eigenvalue weighted by Gasteiger charge is -2.18. The first kappa shape index (κ1) is 80.4. The molecule has 6 nitrogen and oxygen atoms in total. The highest BCUT2D eigenvalue weighted by Crippen LogP contribution is 2.19. The molecule has 0 radical (unpaired) electrons. The fourth-order valence-electron chi connectivity index (χ4n) is 11.3. The fraction of sp³-hybridized carbons (Fsp3) is 0.857. The maximum absolute atomic E-state index is 12.9. The standard InChI is InChI=1S/C77H142O6/c1-4-7-10-13-16-19-22-25-28-31-32-33-34-35-36-37-38-39-40-41-42-43-44-45-47-49-52-55-58-61-64-67-70-76(79)82-73-74(72-81-75(78)69-66-63-60-57-54-51-48-30-27-24-21-18-15-12-9-6-3)83-77(80)71-68-65-62-59-56-53-50-46-29-26-23-20-17-14-11-8-5-2/h8,11,17,20,26,29,50,53,74H,4-7,9-10,12-16,18-19,21-25,27-28,30-49,51-52,54-73H2,1-3H3/b11-8-,20-17-,29-26-,53-50-. The number of unbranched alkanes of at least 4 members (excludes halogenated alkanes) is 50. The molecule has 1 atom stereocenters. The van der Waals surface area contributed by atoms with E-state index in [2.05, 4.69) is 69.4 Å². The van der Waals surface area contributed by atoms with E-state index in [1.165, 1.54) is 270 Å². The highest BCUT2D eigenvalue weighted by Gasteiger charge is 2.19. The number of rotatable bonds is 69. The molecule has 1 unspecified atom stereocenters. The van der Waals surface area contributed by atoms with E-state index >= 15 is 0 Å². The largest absolute Gasteiger partial charge is 0.462 e. The van der Waals surface area contributed by atoms with E-state index in [4.69, 9.17) is 14.2 Å². The minimum absolute atomic E-state index is 0.0780. The van der Waals surface area contributed by atoms with Gasteiger partial charge in [-0.15, -0.1) is 0 Å². The Morgan fingerprint density at radius 1 is 0.253 bits per heavy atom. The van der Waals surface area contributed by atoms with Gasteiger partial charge in [-0.3, -0.25) is 14.4 Å². The lowest BCUT2D eigenvalue weighted by Crippen LogP contribution is -2.30. The molecule has 0 fully saturated rings. The number of allylic oxidation sites excluding steroid dienone is 8. The van der Waals surface area contributed by atoms with E-state index < -0.39 is 6.10 Å². The molecule has 0 heterocycles. The summed E-state index contributed by atoms with van der Waals surface area (Å²) in [6.45, 7) is 6.58. The van der Waals surface area contributed by atoms with Gasteiger partial charge in [0.1, 0.15) is 13.2 Å². The quantitative estimate of drug-likeness (QED) is 0.0261. The molecule has 0 aliphatic heterocycles. The highest BCUT2D eigenvalue weighted by molar-refractivity contribution is 5.71. The third kappa shape index (κ3) is 70.0. The van der Waals surface area contributed by atoms with Crippen molar-refractivity contribution in [1.29, 1.82) is 0 Å². The molecule has 0 aliphatic rings. The molecular weight excluding hydrogens is 1020 g/mol. The van der Waals surface area contributed by atoms with Crippen LogP contribution in [-0.4, -0.2) is 37.2 Å². The summed E-state index contributed by atoms with van der Waals surface area (Å²) in [5.74, 6) is -0.873. The van der Waals surface area contributed by atoms with Gasteiger partial charge in [-0.25, -0.2) is 0 Å². The van der Waals surface area contributed by atoms with Crippen LogP contribution in [0.4, 0.5) is 0 Å². The van der Waals surface area contributed by atoms with Gasteiger partial charge in [-0.1, -0.05) is 378 Å². The normalized spacial score (nSPS) is 12.3. The van der Waals surface area contributed by atoms with Gasteiger partial charge in [-0.05, 0) is 57.8 Å². The van der Waals surface area contributed by atoms with Crippen molar-refractivity contribution in [2.24, 2.45) is 0 Å². The molecule has 486 valence electrons. The molecule has 0 amide bonds. The Morgan fingerprint density at radius 3 is 0.735 bits per heavy atom. The third-order valence-electron chi connectivity index (χ3n) is 16.8. The predicted octanol–water partition coefficient (Wildman–Crippen LogP) is 25.7. The van der Waals surface area contributed by atoms with E-state index in [-0.39, 0.29) is 31.1 Å². The Morgan fingerprint density at radius 2 is 0.470 bits per heavy atom. The maximum Gasteiger partial charge on any atom is 0.306 e. The van der Waals surface area contributed by atoms with Crippen molar-refractivity contribution < 1.29 is 28.6 Å². The highest BCUT2D eigenvalue weighted by atomic mass is 16.6. The van der Waals surface area contributed by atoms with Crippen LogP contribution in [-0.2, 0) is 28.6 Å². The Balaban J connectivity index is 4.17. The average Bonchev–Trinajstić information content (AvgIpc) is 3.49. The minimum Gasteiger partial charge on any atom is -0.462 e. The topological polar surface area (TPSA) is 78.9 Å². The second-order valence-corrected chi connectivity index (χ2v) is 25.2. The van der Waals surface area contributed by atoms with Crippen LogP contribution in [0.15, 0.2) is 48.6 Å². The molecule has 0 rings (SSSR count). The van der Waals surface area contributed by atoms with Crippen LogP contribution in [0, 0.1) is 0 Å². The van der Waals surface area contributed by atoms with E-state index in [1.54, 1.807) is 0 Å². The molecule has 0 aromatic rings. The number of carbonyl (C=O) groups excluding carboxylic acids is 3. The van der Waals surface area contributed by atoms with Gasteiger partial charge >= 0.3 is 17.9 Å². The fourth-order valence-corrected chi connectivity index (χ4v) is 11.3. The van der Waals surface area contributed by atoms with Gasteiger partial charge in [0.15, 0.2) is 6.10 Å². The van der Waals surface area contributed by atoms with Gasteiger partial charge in [-0.2, -0.15) is 0 Å². The molecule has 0 aliphatic carbocycles. The van der Waals surface area contributed by atoms with Gasteiger partial charge in [0.2, 0.25) is 0 Å².